The topological polar surface area (TPSA) is 58.2 Å². The van der Waals surface area contributed by atoms with E-state index < -0.39 is 0 Å². The summed E-state index contributed by atoms with van der Waals surface area (Å²) in [4.78, 5) is 22.7. The fourth-order valence-corrected chi connectivity index (χ4v) is 3.96. The first-order valence-corrected chi connectivity index (χ1v) is 9.73. The van der Waals surface area contributed by atoms with E-state index in [1.807, 2.05) is 32.0 Å². The number of aromatic nitrogens is 2. The zero-order valence-corrected chi connectivity index (χ0v) is 17.6. The van der Waals surface area contributed by atoms with Crippen LogP contribution >= 0.6 is 11.6 Å². The number of methoxy groups -OCH3 is 1. The highest BCUT2D eigenvalue weighted by Gasteiger charge is 2.39. The van der Waals surface area contributed by atoms with Crippen LogP contribution in [-0.4, -0.2) is 36.3 Å². The van der Waals surface area contributed by atoms with Crippen LogP contribution in [0.2, 0.25) is 5.02 Å². The highest BCUT2D eigenvalue weighted by atomic mass is 35.5. The molecule has 6 heteroatoms. The van der Waals surface area contributed by atoms with E-state index in [1.165, 1.54) is 0 Å². The van der Waals surface area contributed by atoms with Gasteiger partial charge in [-0.3, -0.25) is 4.79 Å². The predicted octanol–water partition coefficient (Wildman–Crippen LogP) is 4.35. The lowest BCUT2D eigenvalue weighted by atomic mass is 9.91. The summed E-state index contributed by atoms with van der Waals surface area (Å²) in [7, 11) is 1.71. The van der Waals surface area contributed by atoms with Crippen molar-refractivity contribution in [2.45, 2.75) is 52.0 Å². The smallest absolute Gasteiger partial charge is 0.257 e. The quantitative estimate of drug-likeness (QED) is 0.826. The van der Waals surface area contributed by atoms with Crippen LogP contribution < -0.4 is 10.5 Å². The molecule has 1 N–H and O–H groups in total. The maximum atomic E-state index is 12.6. The molecule has 0 aromatic carbocycles. The summed E-state index contributed by atoms with van der Waals surface area (Å²) in [5, 5.41) is 0.490. The van der Waals surface area contributed by atoms with Gasteiger partial charge in [-0.15, -0.1) is 0 Å². The van der Waals surface area contributed by atoms with Crippen molar-refractivity contribution in [1.29, 1.82) is 0 Å². The van der Waals surface area contributed by atoms with Crippen LogP contribution in [0.1, 0.15) is 51.9 Å². The third-order valence-corrected chi connectivity index (χ3v) is 5.51. The molecule has 0 saturated heterocycles. The van der Waals surface area contributed by atoms with Crippen molar-refractivity contribution >= 4 is 17.3 Å². The number of hydrogen-bond acceptors (Lipinski definition) is 4. The molecule has 3 rings (SSSR count). The van der Waals surface area contributed by atoms with Crippen LogP contribution in [0, 0.1) is 0 Å². The van der Waals surface area contributed by atoms with Gasteiger partial charge in [-0.1, -0.05) is 39.3 Å². The number of nitrogens with zero attached hydrogens (tertiary/aromatic N) is 2. The SMILES string of the molecule is COCC(C)N1CC(C)(C)c2nc(-c3ccc(C(C)C)[nH]c3=O)c(Cl)cc21. The lowest BCUT2D eigenvalue weighted by molar-refractivity contribution is 0.181. The Kier molecular flexibility index (Phi) is 5.37. The van der Waals surface area contributed by atoms with Crippen molar-refractivity contribution in [3.8, 4) is 11.3 Å². The molecule has 27 heavy (non-hydrogen) atoms. The number of fused-ring (bicyclic) bond motifs is 1. The summed E-state index contributed by atoms with van der Waals surface area (Å²) in [5.74, 6) is 0.255. The van der Waals surface area contributed by atoms with Gasteiger partial charge in [0.2, 0.25) is 0 Å². The molecule has 0 saturated carbocycles. The molecule has 0 bridgehead atoms. The third-order valence-electron chi connectivity index (χ3n) is 5.22. The van der Waals surface area contributed by atoms with E-state index in [9.17, 15) is 4.79 Å². The summed E-state index contributed by atoms with van der Waals surface area (Å²) in [6.45, 7) is 12.0. The van der Waals surface area contributed by atoms with Crippen molar-refractivity contribution < 1.29 is 4.74 Å². The van der Waals surface area contributed by atoms with Crippen molar-refractivity contribution in [3.63, 3.8) is 0 Å². The largest absolute Gasteiger partial charge is 0.383 e. The number of nitrogens with one attached hydrogen (secondary N) is 1. The lowest BCUT2D eigenvalue weighted by Crippen LogP contribution is -2.38. The number of hydrogen-bond donors (Lipinski definition) is 1. The van der Waals surface area contributed by atoms with Gasteiger partial charge in [-0.25, -0.2) is 4.98 Å². The minimum absolute atomic E-state index is 0.138. The minimum Gasteiger partial charge on any atom is -0.383 e. The molecular formula is C21H28ClN3O2. The normalized spacial score (nSPS) is 16.7. The molecule has 0 spiro atoms. The van der Waals surface area contributed by atoms with Gasteiger partial charge in [0.15, 0.2) is 0 Å². The molecule has 2 aromatic heterocycles. The van der Waals surface area contributed by atoms with Gasteiger partial charge < -0.3 is 14.6 Å². The van der Waals surface area contributed by atoms with E-state index in [1.54, 1.807) is 7.11 Å². The highest BCUT2D eigenvalue weighted by molar-refractivity contribution is 6.33. The van der Waals surface area contributed by atoms with E-state index in [0.29, 0.717) is 22.9 Å². The monoisotopic (exact) mass is 389 g/mol. The van der Waals surface area contributed by atoms with Crippen molar-refractivity contribution in [2.24, 2.45) is 0 Å². The number of pyridine rings is 2. The van der Waals surface area contributed by atoms with Crippen LogP contribution in [0.4, 0.5) is 5.69 Å². The number of aromatic amines is 1. The Balaban J connectivity index is 2.11. The highest BCUT2D eigenvalue weighted by Crippen LogP contribution is 2.43. The Morgan fingerprint density at radius 3 is 2.63 bits per heavy atom. The average Bonchev–Trinajstić information content (AvgIpc) is 2.85. The van der Waals surface area contributed by atoms with Crippen LogP contribution in [0.5, 0.6) is 0 Å². The summed E-state index contributed by atoms with van der Waals surface area (Å²) in [5.41, 5.74) is 3.65. The van der Waals surface area contributed by atoms with Crippen molar-refractivity contribution in [1.82, 2.24) is 9.97 Å². The Labute approximate surface area is 165 Å². The first-order valence-electron chi connectivity index (χ1n) is 9.36. The molecule has 0 radical (unpaired) electrons. The second-order valence-electron chi connectivity index (χ2n) is 8.31. The van der Waals surface area contributed by atoms with Crippen LogP contribution in [-0.2, 0) is 10.2 Å². The molecule has 3 heterocycles. The Bertz CT molecular complexity index is 905. The zero-order valence-electron chi connectivity index (χ0n) is 16.9. The summed E-state index contributed by atoms with van der Waals surface area (Å²) in [6, 6.07) is 5.91. The molecule has 146 valence electrons. The zero-order chi connectivity index (χ0) is 19.9. The fourth-order valence-electron chi connectivity index (χ4n) is 3.71. The second kappa shape index (κ2) is 7.28. The predicted molar refractivity (Wildman–Crippen MR) is 111 cm³/mol. The van der Waals surface area contributed by atoms with E-state index in [0.717, 1.165) is 23.6 Å². The first-order chi connectivity index (χ1) is 12.7. The van der Waals surface area contributed by atoms with Gasteiger partial charge in [0.1, 0.15) is 0 Å². The summed E-state index contributed by atoms with van der Waals surface area (Å²) >= 11 is 6.58. The maximum absolute atomic E-state index is 12.6. The third kappa shape index (κ3) is 3.63. The van der Waals surface area contributed by atoms with Crippen LogP contribution in [0.3, 0.4) is 0 Å². The van der Waals surface area contributed by atoms with Crippen molar-refractivity contribution in [3.05, 3.63) is 45.0 Å². The number of halogens is 1. The van der Waals surface area contributed by atoms with Gasteiger partial charge in [0.25, 0.3) is 5.56 Å². The maximum Gasteiger partial charge on any atom is 0.257 e. The van der Waals surface area contributed by atoms with E-state index >= 15 is 0 Å². The number of ether oxygens (including phenoxy) is 1. The van der Waals surface area contributed by atoms with Crippen LogP contribution in [0.15, 0.2) is 23.0 Å². The minimum atomic E-state index is -0.157. The van der Waals surface area contributed by atoms with Gasteiger partial charge in [0.05, 0.1) is 34.3 Å². The molecule has 5 nitrogen and oxygen atoms in total. The summed E-state index contributed by atoms with van der Waals surface area (Å²) in [6.07, 6.45) is 0. The van der Waals surface area contributed by atoms with E-state index in [-0.39, 0.29) is 22.9 Å². The van der Waals surface area contributed by atoms with E-state index in [2.05, 4.69) is 30.7 Å². The molecule has 1 aliphatic rings. The standard InChI is InChI=1S/C21H28ClN3O2/c1-12(2)16-8-7-14(20(26)23-16)18-15(22)9-17-19(24-18)21(4,5)11-25(17)13(3)10-27-6/h7-9,12-13H,10-11H2,1-6H3,(H,23,26). The average molecular weight is 390 g/mol. The molecule has 1 unspecified atom stereocenters. The van der Waals surface area contributed by atoms with Gasteiger partial charge in [-0.05, 0) is 31.0 Å². The van der Waals surface area contributed by atoms with Crippen LogP contribution in [0.25, 0.3) is 11.3 Å². The van der Waals surface area contributed by atoms with Gasteiger partial charge in [0, 0.05) is 30.8 Å². The summed E-state index contributed by atoms with van der Waals surface area (Å²) < 4.78 is 5.33. The molecule has 0 amide bonds. The van der Waals surface area contributed by atoms with Gasteiger partial charge in [-0.2, -0.15) is 0 Å². The van der Waals surface area contributed by atoms with E-state index in [4.69, 9.17) is 21.3 Å². The number of anilines is 1. The molecule has 2 aromatic rings. The molecule has 1 atom stereocenters. The van der Waals surface area contributed by atoms with Crippen molar-refractivity contribution in [2.75, 3.05) is 25.2 Å². The Morgan fingerprint density at radius 1 is 1.33 bits per heavy atom. The number of rotatable bonds is 5. The molecule has 0 aliphatic carbocycles. The Morgan fingerprint density at radius 2 is 2.04 bits per heavy atom. The molecule has 1 aliphatic heterocycles. The number of H-pyrrole nitrogens is 1. The lowest BCUT2D eigenvalue weighted by Gasteiger charge is -2.28. The second-order valence-corrected chi connectivity index (χ2v) is 8.72. The molecular weight excluding hydrogens is 362 g/mol. The Hall–Kier alpha value is -1.85. The molecule has 0 fully saturated rings. The van der Waals surface area contributed by atoms with Gasteiger partial charge >= 0.3 is 0 Å². The fraction of sp³-hybridized carbons (Fsp3) is 0.524. The first kappa shape index (κ1) is 19.9.